The smallest absolute Gasteiger partial charge is 0.227 e. The van der Waals surface area contributed by atoms with Gasteiger partial charge in [-0.3, -0.25) is 4.79 Å². The molecule has 0 spiro atoms. The molecule has 2 aromatic heterocycles. The van der Waals surface area contributed by atoms with Crippen LogP contribution in [0.25, 0.3) is 0 Å². The Balaban J connectivity index is 1.48. The van der Waals surface area contributed by atoms with Crippen molar-refractivity contribution >= 4 is 5.91 Å². The molecule has 1 amide bonds. The summed E-state index contributed by atoms with van der Waals surface area (Å²) in [5, 5.41) is 4.20. The zero-order valence-electron chi connectivity index (χ0n) is 13.5. The van der Waals surface area contributed by atoms with Gasteiger partial charge in [-0.05, 0) is 6.42 Å². The van der Waals surface area contributed by atoms with Gasteiger partial charge in [0.25, 0.3) is 0 Å². The first kappa shape index (κ1) is 14.4. The van der Waals surface area contributed by atoms with Crippen LogP contribution < -0.4 is 0 Å². The Bertz CT molecular complexity index is 733. The second-order valence-corrected chi connectivity index (χ2v) is 6.68. The van der Waals surface area contributed by atoms with E-state index in [0.717, 1.165) is 42.4 Å². The largest absolute Gasteiger partial charge is 0.445 e. The molecule has 0 N–H and O–H groups in total. The summed E-state index contributed by atoms with van der Waals surface area (Å²) >= 11 is 0. The maximum Gasteiger partial charge on any atom is 0.227 e. The Morgan fingerprint density at radius 3 is 3.09 bits per heavy atom. The van der Waals surface area contributed by atoms with Crippen molar-refractivity contribution in [2.45, 2.75) is 52.1 Å². The molecule has 0 aliphatic carbocycles. The van der Waals surface area contributed by atoms with E-state index in [2.05, 4.69) is 28.9 Å². The van der Waals surface area contributed by atoms with Gasteiger partial charge in [0.15, 0.2) is 5.89 Å². The van der Waals surface area contributed by atoms with Crippen LogP contribution in [0.5, 0.6) is 0 Å². The Kier molecular flexibility index (Phi) is 3.43. The Labute approximate surface area is 134 Å². The van der Waals surface area contributed by atoms with E-state index < -0.39 is 0 Å². The van der Waals surface area contributed by atoms with E-state index in [1.807, 2.05) is 9.58 Å². The van der Waals surface area contributed by atoms with E-state index in [1.165, 1.54) is 0 Å². The van der Waals surface area contributed by atoms with E-state index in [4.69, 9.17) is 4.42 Å². The fourth-order valence-electron chi connectivity index (χ4n) is 3.35. The lowest BCUT2D eigenvalue weighted by atomic mass is 9.97. The lowest BCUT2D eigenvalue weighted by Gasteiger charge is -2.31. The molecule has 4 heterocycles. The van der Waals surface area contributed by atoms with Crippen molar-refractivity contribution in [1.29, 1.82) is 0 Å². The van der Waals surface area contributed by atoms with Gasteiger partial charge in [0.05, 0.1) is 19.0 Å². The van der Waals surface area contributed by atoms with Crippen molar-refractivity contribution in [3.63, 3.8) is 0 Å². The second kappa shape index (κ2) is 5.47. The molecule has 23 heavy (non-hydrogen) atoms. The number of hydrogen-bond donors (Lipinski definition) is 0. The summed E-state index contributed by atoms with van der Waals surface area (Å²) < 4.78 is 7.66. The van der Waals surface area contributed by atoms with Crippen molar-refractivity contribution in [1.82, 2.24) is 24.6 Å². The Morgan fingerprint density at radius 1 is 1.39 bits per heavy atom. The number of hydrogen-bond acceptors (Lipinski definition) is 5. The van der Waals surface area contributed by atoms with Gasteiger partial charge in [0, 0.05) is 25.3 Å². The minimum Gasteiger partial charge on any atom is -0.445 e. The number of carbonyl (C=O) groups excluding carboxylic acids is 1. The topological polar surface area (TPSA) is 77.1 Å². The maximum atomic E-state index is 12.8. The first-order valence-electron chi connectivity index (χ1n) is 8.25. The summed E-state index contributed by atoms with van der Waals surface area (Å²) in [5.41, 5.74) is 0.922. The van der Waals surface area contributed by atoms with Gasteiger partial charge in [0.2, 0.25) is 5.91 Å². The normalized spacial score (nSPS) is 20.5. The molecule has 4 rings (SSSR count). The number of amides is 1. The summed E-state index contributed by atoms with van der Waals surface area (Å²) in [5.74, 6) is 3.16. The highest BCUT2D eigenvalue weighted by Gasteiger charge is 2.32. The van der Waals surface area contributed by atoms with Crippen LogP contribution in [0.2, 0.25) is 0 Å². The van der Waals surface area contributed by atoms with Crippen molar-refractivity contribution in [3.05, 3.63) is 29.5 Å². The molecule has 122 valence electrons. The van der Waals surface area contributed by atoms with Crippen molar-refractivity contribution < 1.29 is 9.21 Å². The highest BCUT2D eigenvalue weighted by molar-refractivity contribution is 5.79. The molecule has 0 fully saturated rings. The molecule has 0 saturated carbocycles. The second-order valence-electron chi connectivity index (χ2n) is 6.68. The predicted octanol–water partition coefficient (Wildman–Crippen LogP) is 1.54. The molecular weight excluding hydrogens is 294 g/mol. The molecule has 1 unspecified atom stereocenters. The van der Waals surface area contributed by atoms with Gasteiger partial charge in [-0.15, -0.1) is 0 Å². The van der Waals surface area contributed by atoms with Crippen molar-refractivity contribution in [2.24, 2.45) is 5.92 Å². The van der Waals surface area contributed by atoms with Crippen LogP contribution in [0.3, 0.4) is 0 Å². The number of aryl methyl sites for hydroxylation is 1. The number of fused-ring (bicyclic) bond motifs is 2. The highest BCUT2D eigenvalue weighted by atomic mass is 16.4. The summed E-state index contributed by atoms with van der Waals surface area (Å²) in [6.45, 7) is 6.04. The minimum absolute atomic E-state index is 0.0118. The lowest BCUT2D eigenvalue weighted by Crippen LogP contribution is -2.42. The van der Waals surface area contributed by atoms with E-state index >= 15 is 0 Å². The van der Waals surface area contributed by atoms with E-state index in [0.29, 0.717) is 19.6 Å². The third-order valence-corrected chi connectivity index (χ3v) is 4.70. The summed E-state index contributed by atoms with van der Waals surface area (Å²) in [7, 11) is 0. The van der Waals surface area contributed by atoms with Gasteiger partial charge < -0.3 is 9.32 Å². The third kappa shape index (κ3) is 2.54. The zero-order chi connectivity index (χ0) is 16.0. The van der Waals surface area contributed by atoms with Crippen LogP contribution in [0.15, 0.2) is 10.7 Å². The molecule has 0 aromatic carbocycles. The fourth-order valence-corrected chi connectivity index (χ4v) is 3.35. The molecule has 0 radical (unpaired) electrons. The van der Waals surface area contributed by atoms with Crippen molar-refractivity contribution in [3.8, 4) is 0 Å². The van der Waals surface area contributed by atoms with Gasteiger partial charge in [0.1, 0.15) is 23.6 Å². The summed E-state index contributed by atoms with van der Waals surface area (Å²) in [6, 6.07) is 0. The van der Waals surface area contributed by atoms with Crippen LogP contribution in [0, 0.1) is 5.92 Å². The number of carbonyl (C=O) groups is 1. The summed E-state index contributed by atoms with van der Waals surface area (Å²) in [4.78, 5) is 23.5. The van der Waals surface area contributed by atoms with Crippen LogP contribution in [-0.4, -0.2) is 37.1 Å². The quantitative estimate of drug-likeness (QED) is 0.840. The monoisotopic (exact) mass is 315 g/mol. The van der Waals surface area contributed by atoms with Crippen LogP contribution in [-0.2, 0) is 30.7 Å². The molecule has 7 heteroatoms. The number of nitrogens with zero attached hydrogens (tertiary/aromatic N) is 5. The molecule has 7 nitrogen and oxygen atoms in total. The molecule has 2 aromatic rings. The van der Waals surface area contributed by atoms with Crippen LogP contribution in [0.1, 0.15) is 49.4 Å². The van der Waals surface area contributed by atoms with E-state index in [-0.39, 0.29) is 17.7 Å². The van der Waals surface area contributed by atoms with Gasteiger partial charge in [-0.1, -0.05) is 13.8 Å². The Hall–Kier alpha value is -2.18. The SMILES string of the molecule is CC(C)c1nc2c(o1)CCN(C(=O)C1CCc3ncnn3C1)C2. The van der Waals surface area contributed by atoms with Gasteiger partial charge in [-0.25, -0.2) is 14.6 Å². The zero-order valence-corrected chi connectivity index (χ0v) is 13.5. The first-order chi connectivity index (χ1) is 11.1. The van der Waals surface area contributed by atoms with E-state index in [1.54, 1.807) is 6.33 Å². The summed E-state index contributed by atoms with van der Waals surface area (Å²) in [6.07, 6.45) is 3.98. The lowest BCUT2D eigenvalue weighted by molar-refractivity contribution is -0.137. The Morgan fingerprint density at radius 2 is 2.26 bits per heavy atom. The van der Waals surface area contributed by atoms with Gasteiger partial charge in [-0.2, -0.15) is 5.10 Å². The first-order valence-corrected chi connectivity index (χ1v) is 8.25. The van der Waals surface area contributed by atoms with Crippen LogP contribution in [0.4, 0.5) is 0 Å². The number of oxazole rings is 1. The fraction of sp³-hybridized carbons (Fsp3) is 0.625. The van der Waals surface area contributed by atoms with Crippen molar-refractivity contribution in [2.75, 3.05) is 6.54 Å². The predicted molar refractivity (Wildman–Crippen MR) is 81.5 cm³/mol. The molecule has 1 atom stereocenters. The molecule has 2 aliphatic rings. The minimum atomic E-state index is -0.0118. The molecular formula is C16H21N5O2. The van der Waals surface area contributed by atoms with Crippen LogP contribution >= 0.6 is 0 Å². The van der Waals surface area contributed by atoms with E-state index in [9.17, 15) is 4.79 Å². The number of rotatable bonds is 2. The molecule has 0 saturated heterocycles. The molecule has 2 aliphatic heterocycles. The average molecular weight is 315 g/mol. The highest BCUT2D eigenvalue weighted by Crippen LogP contribution is 2.26. The third-order valence-electron chi connectivity index (χ3n) is 4.70. The number of aromatic nitrogens is 4. The molecule has 0 bridgehead atoms. The van der Waals surface area contributed by atoms with Gasteiger partial charge >= 0.3 is 0 Å². The standard InChI is InChI=1S/C16H21N5O2/c1-10(2)15-19-12-8-20(6-5-13(12)23-15)16(22)11-3-4-14-17-9-18-21(14)7-11/h9-11H,3-8H2,1-2H3. The average Bonchev–Trinajstić information content (AvgIpc) is 3.19. The maximum absolute atomic E-state index is 12.8.